The van der Waals surface area contributed by atoms with E-state index < -0.39 is 35.8 Å². The van der Waals surface area contributed by atoms with Crippen LogP contribution in [-0.4, -0.2) is 39.2 Å². The number of aryl methyl sites for hydroxylation is 2. The van der Waals surface area contributed by atoms with Crippen LogP contribution in [0, 0.1) is 6.92 Å². The first-order chi connectivity index (χ1) is 13.0. The molecule has 2 rings (SSSR count). The second-order valence-electron chi connectivity index (χ2n) is 6.21. The SMILES string of the molecule is Cc1ccc(NCC(=O)NNC(=O)CC(O)(c2nccn2C)C(F)(F)F)cc1. The minimum absolute atomic E-state index is 0.216. The monoisotopic (exact) mass is 399 g/mol. The molecule has 0 aliphatic rings. The van der Waals surface area contributed by atoms with Crippen molar-refractivity contribution >= 4 is 17.5 Å². The van der Waals surface area contributed by atoms with Crippen LogP contribution in [0.1, 0.15) is 17.8 Å². The summed E-state index contributed by atoms with van der Waals surface area (Å²) in [4.78, 5) is 27.1. The molecule has 1 aromatic carbocycles. The number of halogens is 3. The first kappa shape index (κ1) is 21.2. The lowest BCUT2D eigenvalue weighted by molar-refractivity contribution is -0.271. The number of alkyl halides is 3. The zero-order valence-electron chi connectivity index (χ0n) is 15.2. The molecule has 152 valence electrons. The topological polar surface area (TPSA) is 108 Å². The van der Waals surface area contributed by atoms with Crippen LogP contribution in [-0.2, 0) is 22.2 Å². The van der Waals surface area contributed by atoms with Crippen LogP contribution in [0.2, 0.25) is 0 Å². The second-order valence-corrected chi connectivity index (χ2v) is 6.21. The number of rotatable bonds is 6. The van der Waals surface area contributed by atoms with Crippen molar-refractivity contribution in [2.24, 2.45) is 7.05 Å². The summed E-state index contributed by atoms with van der Waals surface area (Å²) in [5, 5.41) is 12.9. The molecule has 0 bridgehead atoms. The van der Waals surface area contributed by atoms with E-state index in [1.54, 1.807) is 12.1 Å². The minimum atomic E-state index is -5.15. The van der Waals surface area contributed by atoms with Crippen LogP contribution in [0.3, 0.4) is 0 Å². The second kappa shape index (κ2) is 8.30. The molecule has 0 aliphatic carbocycles. The number of hydrogen-bond acceptors (Lipinski definition) is 5. The Morgan fingerprint density at radius 2 is 1.75 bits per heavy atom. The van der Waals surface area contributed by atoms with E-state index in [0.29, 0.717) is 5.69 Å². The van der Waals surface area contributed by atoms with E-state index in [1.165, 1.54) is 13.2 Å². The molecule has 0 radical (unpaired) electrons. The Bertz CT molecular complexity index is 835. The van der Waals surface area contributed by atoms with Gasteiger partial charge in [-0.1, -0.05) is 17.7 Å². The quantitative estimate of drug-likeness (QED) is 0.545. The molecule has 0 spiro atoms. The number of aromatic nitrogens is 2. The van der Waals surface area contributed by atoms with Gasteiger partial charge in [-0.2, -0.15) is 13.2 Å². The van der Waals surface area contributed by atoms with Crippen molar-refractivity contribution in [2.75, 3.05) is 11.9 Å². The van der Waals surface area contributed by atoms with Crippen molar-refractivity contribution in [3.8, 4) is 0 Å². The smallest absolute Gasteiger partial charge is 0.376 e. The number of imidazole rings is 1. The highest BCUT2D eigenvalue weighted by atomic mass is 19.4. The van der Waals surface area contributed by atoms with Gasteiger partial charge in [0.1, 0.15) is 0 Å². The number of anilines is 1. The predicted molar refractivity (Wildman–Crippen MR) is 93.7 cm³/mol. The zero-order chi connectivity index (χ0) is 20.9. The van der Waals surface area contributed by atoms with Crippen molar-refractivity contribution < 1.29 is 27.9 Å². The Morgan fingerprint density at radius 1 is 1.14 bits per heavy atom. The molecule has 1 heterocycles. The van der Waals surface area contributed by atoms with Gasteiger partial charge in [0.2, 0.25) is 11.5 Å². The summed E-state index contributed by atoms with van der Waals surface area (Å²) >= 11 is 0. The Hall–Kier alpha value is -3.08. The summed E-state index contributed by atoms with van der Waals surface area (Å²) in [7, 11) is 1.26. The minimum Gasteiger partial charge on any atom is -0.376 e. The fraction of sp³-hybridized carbons (Fsp3) is 0.353. The standard InChI is InChI=1S/C17H20F3N5O3/c1-11-3-5-12(6-4-11)22-10-14(27)24-23-13(26)9-16(28,17(18,19)20)15-21-7-8-25(15)2/h3-8,22,28H,9-10H2,1-2H3,(H,23,26)(H,24,27). The van der Waals surface area contributed by atoms with E-state index in [2.05, 4.69) is 10.3 Å². The molecular weight excluding hydrogens is 379 g/mol. The maximum Gasteiger partial charge on any atom is 0.425 e. The number of nitrogens with zero attached hydrogens (tertiary/aromatic N) is 2. The lowest BCUT2D eigenvalue weighted by atomic mass is 9.97. The van der Waals surface area contributed by atoms with E-state index >= 15 is 0 Å². The third-order valence-corrected chi connectivity index (χ3v) is 3.92. The van der Waals surface area contributed by atoms with Gasteiger partial charge in [-0.15, -0.1) is 0 Å². The van der Waals surface area contributed by atoms with Gasteiger partial charge in [0.15, 0.2) is 5.82 Å². The van der Waals surface area contributed by atoms with Crippen molar-refractivity contribution in [1.29, 1.82) is 0 Å². The van der Waals surface area contributed by atoms with Crippen LogP contribution in [0.5, 0.6) is 0 Å². The van der Waals surface area contributed by atoms with Crippen LogP contribution >= 0.6 is 0 Å². The number of aliphatic hydroxyl groups is 1. The Morgan fingerprint density at radius 3 is 2.29 bits per heavy atom. The fourth-order valence-corrected chi connectivity index (χ4v) is 2.38. The summed E-state index contributed by atoms with van der Waals surface area (Å²) < 4.78 is 41.1. The highest BCUT2D eigenvalue weighted by Crippen LogP contribution is 2.40. The van der Waals surface area contributed by atoms with E-state index in [1.807, 2.05) is 29.9 Å². The molecule has 2 amide bonds. The lowest BCUT2D eigenvalue weighted by Gasteiger charge is -2.29. The molecule has 28 heavy (non-hydrogen) atoms. The van der Waals surface area contributed by atoms with Gasteiger partial charge in [0.05, 0.1) is 13.0 Å². The van der Waals surface area contributed by atoms with Crippen molar-refractivity contribution in [3.63, 3.8) is 0 Å². The number of hydrazine groups is 1. The van der Waals surface area contributed by atoms with Gasteiger partial charge in [-0.3, -0.25) is 20.4 Å². The van der Waals surface area contributed by atoms with Crippen molar-refractivity contribution in [2.45, 2.75) is 25.1 Å². The number of nitrogens with one attached hydrogen (secondary N) is 3. The van der Waals surface area contributed by atoms with Gasteiger partial charge in [-0.25, -0.2) is 4.98 Å². The van der Waals surface area contributed by atoms with Crippen LogP contribution in [0.25, 0.3) is 0 Å². The molecule has 0 aliphatic heterocycles. The summed E-state index contributed by atoms with van der Waals surface area (Å²) in [5.74, 6) is -2.64. The molecule has 1 unspecified atom stereocenters. The molecule has 0 saturated carbocycles. The summed E-state index contributed by atoms with van der Waals surface area (Å²) in [6.45, 7) is 1.69. The molecule has 1 atom stereocenters. The highest BCUT2D eigenvalue weighted by molar-refractivity contribution is 5.84. The summed E-state index contributed by atoms with van der Waals surface area (Å²) in [6, 6.07) is 7.16. The molecule has 2 aromatic rings. The molecule has 1 aromatic heterocycles. The van der Waals surface area contributed by atoms with Crippen molar-refractivity contribution in [3.05, 3.63) is 48.0 Å². The maximum absolute atomic E-state index is 13.4. The number of carbonyl (C=O) groups is 2. The van der Waals surface area contributed by atoms with Crippen LogP contribution in [0.15, 0.2) is 36.7 Å². The number of hydrogen-bond donors (Lipinski definition) is 4. The number of benzene rings is 1. The predicted octanol–water partition coefficient (Wildman–Crippen LogP) is 1.13. The first-order valence-electron chi connectivity index (χ1n) is 8.18. The van der Waals surface area contributed by atoms with Crippen LogP contribution in [0.4, 0.5) is 18.9 Å². The van der Waals surface area contributed by atoms with Crippen LogP contribution < -0.4 is 16.2 Å². The first-order valence-corrected chi connectivity index (χ1v) is 8.18. The normalized spacial score (nSPS) is 13.5. The van der Waals surface area contributed by atoms with E-state index in [-0.39, 0.29) is 6.54 Å². The van der Waals surface area contributed by atoms with Gasteiger partial charge in [0, 0.05) is 25.1 Å². The molecule has 11 heteroatoms. The Kier molecular flexibility index (Phi) is 6.29. The zero-order valence-corrected chi connectivity index (χ0v) is 15.2. The van der Waals surface area contributed by atoms with Gasteiger partial charge >= 0.3 is 6.18 Å². The Labute approximate surface area is 158 Å². The van der Waals surface area contributed by atoms with Gasteiger partial charge in [-0.05, 0) is 19.1 Å². The number of carbonyl (C=O) groups excluding carboxylic acids is 2. The van der Waals surface area contributed by atoms with Crippen molar-refractivity contribution in [1.82, 2.24) is 20.4 Å². The van der Waals surface area contributed by atoms with Gasteiger partial charge < -0.3 is 15.0 Å². The molecule has 8 nitrogen and oxygen atoms in total. The Balaban J connectivity index is 1.91. The summed E-state index contributed by atoms with van der Waals surface area (Å²) in [6.07, 6.45) is -4.24. The third kappa shape index (κ3) is 5.00. The molecular formula is C17H20F3N5O3. The average Bonchev–Trinajstić information content (AvgIpc) is 3.05. The summed E-state index contributed by atoms with van der Waals surface area (Å²) in [5.41, 5.74) is 2.05. The van der Waals surface area contributed by atoms with E-state index in [0.717, 1.165) is 16.3 Å². The van der Waals surface area contributed by atoms with Gasteiger partial charge in [0.25, 0.3) is 5.91 Å². The lowest BCUT2D eigenvalue weighted by Crippen LogP contribution is -2.51. The maximum atomic E-state index is 13.4. The van der Waals surface area contributed by atoms with E-state index in [9.17, 15) is 27.9 Å². The molecule has 4 N–H and O–H groups in total. The number of amides is 2. The fourth-order valence-electron chi connectivity index (χ4n) is 2.38. The third-order valence-electron chi connectivity index (χ3n) is 3.92. The largest absolute Gasteiger partial charge is 0.425 e. The average molecular weight is 399 g/mol. The molecule has 0 fully saturated rings. The highest BCUT2D eigenvalue weighted by Gasteiger charge is 2.58. The van der Waals surface area contributed by atoms with E-state index in [4.69, 9.17) is 0 Å². The molecule has 0 saturated heterocycles.